The lowest BCUT2D eigenvalue weighted by molar-refractivity contribution is 0.108. The summed E-state index contributed by atoms with van der Waals surface area (Å²) >= 11 is 0. The van der Waals surface area contributed by atoms with Gasteiger partial charge in [0, 0.05) is 0 Å². The SMILES string of the molecule is CCC[C@@H]1CC[C@@H]([C@H](O)c2cccc(F)c2)C1. The van der Waals surface area contributed by atoms with Gasteiger partial charge in [-0.2, -0.15) is 0 Å². The molecular weight excluding hydrogens is 215 g/mol. The van der Waals surface area contributed by atoms with E-state index in [-0.39, 0.29) is 5.82 Å². The summed E-state index contributed by atoms with van der Waals surface area (Å²) in [4.78, 5) is 0. The first-order valence-corrected chi connectivity index (χ1v) is 6.64. The van der Waals surface area contributed by atoms with E-state index in [0.29, 0.717) is 5.92 Å². The third kappa shape index (κ3) is 3.06. The van der Waals surface area contributed by atoms with Gasteiger partial charge in [-0.25, -0.2) is 4.39 Å². The predicted molar refractivity (Wildman–Crippen MR) is 67.1 cm³/mol. The zero-order chi connectivity index (χ0) is 12.3. The minimum atomic E-state index is -0.493. The lowest BCUT2D eigenvalue weighted by atomic mass is 9.92. The molecule has 1 saturated carbocycles. The second kappa shape index (κ2) is 5.63. The lowest BCUT2D eigenvalue weighted by Gasteiger charge is -2.18. The van der Waals surface area contributed by atoms with E-state index in [9.17, 15) is 9.50 Å². The largest absolute Gasteiger partial charge is 0.388 e. The van der Waals surface area contributed by atoms with Gasteiger partial charge in [0.2, 0.25) is 0 Å². The predicted octanol–water partition coefficient (Wildman–Crippen LogP) is 4.08. The molecule has 1 nitrogen and oxygen atoms in total. The molecule has 0 aliphatic heterocycles. The molecule has 0 unspecified atom stereocenters. The van der Waals surface area contributed by atoms with Crippen molar-refractivity contribution in [2.24, 2.45) is 11.8 Å². The highest BCUT2D eigenvalue weighted by atomic mass is 19.1. The van der Waals surface area contributed by atoms with Crippen molar-refractivity contribution < 1.29 is 9.50 Å². The number of benzene rings is 1. The van der Waals surface area contributed by atoms with Gasteiger partial charge in [0.15, 0.2) is 0 Å². The smallest absolute Gasteiger partial charge is 0.123 e. The highest BCUT2D eigenvalue weighted by Gasteiger charge is 2.30. The van der Waals surface area contributed by atoms with Crippen LogP contribution in [0.5, 0.6) is 0 Å². The Hall–Kier alpha value is -0.890. The molecule has 2 rings (SSSR count). The molecule has 0 bridgehead atoms. The molecule has 17 heavy (non-hydrogen) atoms. The van der Waals surface area contributed by atoms with Crippen molar-refractivity contribution in [3.63, 3.8) is 0 Å². The van der Waals surface area contributed by atoms with Gasteiger partial charge in [0.1, 0.15) is 5.82 Å². The van der Waals surface area contributed by atoms with E-state index >= 15 is 0 Å². The van der Waals surface area contributed by atoms with Crippen LogP contribution in [-0.4, -0.2) is 5.11 Å². The van der Waals surface area contributed by atoms with Gasteiger partial charge in [-0.1, -0.05) is 38.3 Å². The molecule has 1 aromatic rings. The minimum Gasteiger partial charge on any atom is -0.388 e. The fourth-order valence-electron chi connectivity index (χ4n) is 3.03. The number of aliphatic hydroxyl groups is 1. The zero-order valence-electron chi connectivity index (χ0n) is 10.4. The maximum absolute atomic E-state index is 13.1. The summed E-state index contributed by atoms with van der Waals surface area (Å²) in [5, 5.41) is 10.3. The van der Waals surface area contributed by atoms with Crippen molar-refractivity contribution in [1.29, 1.82) is 0 Å². The van der Waals surface area contributed by atoms with E-state index in [1.165, 1.54) is 31.4 Å². The van der Waals surface area contributed by atoms with Gasteiger partial charge >= 0.3 is 0 Å². The first-order chi connectivity index (χ1) is 8.20. The van der Waals surface area contributed by atoms with Gasteiger partial charge in [-0.05, 0) is 42.4 Å². The summed E-state index contributed by atoms with van der Waals surface area (Å²) in [5.74, 6) is 0.811. The van der Waals surface area contributed by atoms with Crippen molar-refractivity contribution in [2.45, 2.75) is 45.1 Å². The van der Waals surface area contributed by atoms with Crippen LogP contribution in [0.1, 0.15) is 50.7 Å². The molecule has 1 aliphatic rings. The molecule has 0 aromatic heterocycles. The second-order valence-electron chi connectivity index (χ2n) is 5.23. The van der Waals surface area contributed by atoms with E-state index in [1.54, 1.807) is 6.07 Å². The number of rotatable bonds is 4. The summed E-state index contributed by atoms with van der Waals surface area (Å²) in [6.07, 6.45) is 5.35. The Labute approximate surface area is 103 Å². The van der Waals surface area contributed by atoms with Crippen molar-refractivity contribution in [2.75, 3.05) is 0 Å². The highest BCUT2D eigenvalue weighted by Crippen LogP contribution is 2.40. The van der Waals surface area contributed by atoms with Crippen molar-refractivity contribution in [3.05, 3.63) is 35.6 Å². The van der Waals surface area contributed by atoms with Gasteiger partial charge in [-0.15, -0.1) is 0 Å². The number of aliphatic hydroxyl groups excluding tert-OH is 1. The third-order valence-corrected chi connectivity index (χ3v) is 3.92. The summed E-state index contributed by atoms with van der Waals surface area (Å²) in [6.45, 7) is 2.20. The van der Waals surface area contributed by atoms with E-state index in [2.05, 4.69) is 6.92 Å². The van der Waals surface area contributed by atoms with Crippen LogP contribution in [0.4, 0.5) is 4.39 Å². The Kier molecular flexibility index (Phi) is 4.16. The number of hydrogen-bond donors (Lipinski definition) is 1. The van der Waals surface area contributed by atoms with E-state index in [4.69, 9.17) is 0 Å². The van der Waals surface area contributed by atoms with Crippen molar-refractivity contribution >= 4 is 0 Å². The summed E-state index contributed by atoms with van der Waals surface area (Å²) in [5.41, 5.74) is 0.729. The molecule has 1 aliphatic carbocycles. The Bertz CT molecular complexity index is 364. The average molecular weight is 236 g/mol. The summed E-state index contributed by atoms with van der Waals surface area (Å²) in [6, 6.07) is 6.37. The van der Waals surface area contributed by atoms with Crippen molar-refractivity contribution in [3.8, 4) is 0 Å². The fourth-order valence-corrected chi connectivity index (χ4v) is 3.03. The van der Waals surface area contributed by atoms with Gasteiger partial charge in [0.25, 0.3) is 0 Å². The quantitative estimate of drug-likeness (QED) is 0.835. The van der Waals surface area contributed by atoms with Crippen LogP contribution >= 0.6 is 0 Å². The molecule has 0 heterocycles. The number of hydrogen-bond acceptors (Lipinski definition) is 1. The monoisotopic (exact) mass is 236 g/mol. The molecule has 94 valence electrons. The second-order valence-corrected chi connectivity index (χ2v) is 5.23. The van der Waals surface area contributed by atoms with E-state index in [0.717, 1.165) is 24.3 Å². The molecule has 0 amide bonds. The normalized spacial score (nSPS) is 26.1. The summed E-state index contributed by atoms with van der Waals surface area (Å²) < 4.78 is 13.1. The highest BCUT2D eigenvalue weighted by molar-refractivity contribution is 5.19. The summed E-state index contributed by atoms with van der Waals surface area (Å²) in [7, 11) is 0. The standard InChI is InChI=1S/C15H21FO/c1-2-4-11-7-8-13(9-11)15(17)12-5-3-6-14(16)10-12/h3,5-6,10-11,13,15,17H,2,4,7-9H2,1H3/t11-,13-,15-/m1/s1. The molecule has 1 aromatic carbocycles. The number of halogens is 1. The van der Waals surface area contributed by atoms with Crippen LogP contribution < -0.4 is 0 Å². The molecule has 0 spiro atoms. The lowest BCUT2D eigenvalue weighted by Crippen LogP contribution is -2.10. The van der Waals surface area contributed by atoms with Crippen LogP contribution in [-0.2, 0) is 0 Å². The van der Waals surface area contributed by atoms with Gasteiger partial charge in [0.05, 0.1) is 6.10 Å². The van der Waals surface area contributed by atoms with Crippen molar-refractivity contribution in [1.82, 2.24) is 0 Å². The zero-order valence-corrected chi connectivity index (χ0v) is 10.4. The molecule has 1 N–H and O–H groups in total. The molecule has 3 atom stereocenters. The minimum absolute atomic E-state index is 0.260. The first-order valence-electron chi connectivity index (χ1n) is 6.64. The van der Waals surface area contributed by atoms with Crippen LogP contribution in [0.15, 0.2) is 24.3 Å². The maximum atomic E-state index is 13.1. The molecule has 0 radical (unpaired) electrons. The third-order valence-electron chi connectivity index (χ3n) is 3.92. The molecule has 0 saturated heterocycles. The Morgan fingerprint density at radius 2 is 2.24 bits per heavy atom. The molecule has 2 heteroatoms. The Morgan fingerprint density at radius 1 is 1.41 bits per heavy atom. The first kappa shape index (κ1) is 12.6. The van der Waals surface area contributed by atoms with Gasteiger partial charge in [-0.3, -0.25) is 0 Å². The van der Waals surface area contributed by atoms with E-state index in [1.807, 2.05) is 6.07 Å². The van der Waals surface area contributed by atoms with Crippen LogP contribution in [0.25, 0.3) is 0 Å². The topological polar surface area (TPSA) is 20.2 Å². The molecular formula is C15H21FO. The van der Waals surface area contributed by atoms with Gasteiger partial charge < -0.3 is 5.11 Å². The van der Waals surface area contributed by atoms with Crippen LogP contribution in [0.2, 0.25) is 0 Å². The fraction of sp³-hybridized carbons (Fsp3) is 0.600. The Morgan fingerprint density at radius 3 is 2.94 bits per heavy atom. The molecule has 1 fully saturated rings. The van der Waals surface area contributed by atoms with Crippen LogP contribution in [0.3, 0.4) is 0 Å². The Balaban J connectivity index is 1.99. The van der Waals surface area contributed by atoms with E-state index < -0.39 is 6.10 Å². The maximum Gasteiger partial charge on any atom is 0.123 e. The average Bonchev–Trinajstić information content (AvgIpc) is 2.77. The van der Waals surface area contributed by atoms with Crippen LogP contribution in [0, 0.1) is 17.7 Å².